The minimum Gasteiger partial charge on any atom is -0.340 e. The first-order chi connectivity index (χ1) is 13.6. The number of thiophene rings is 1. The molecule has 1 amide bonds. The molecule has 0 fully saturated rings. The zero-order valence-electron chi connectivity index (χ0n) is 15.6. The van der Waals surface area contributed by atoms with Gasteiger partial charge >= 0.3 is 0 Å². The number of fused-ring (bicyclic) bond motifs is 1. The first kappa shape index (κ1) is 18.1. The molecule has 28 heavy (non-hydrogen) atoms. The van der Waals surface area contributed by atoms with Crippen LogP contribution in [0.1, 0.15) is 18.7 Å². The number of hydrogen-bond donors (Lipinski definition) is 2. The van der Waals surface area contributed by atoms with Crippen LogP contribution in [-0.2, 0) is 11.2 Å². The minimum absolute atomic E-state index is 0.106. The first-order valence-electron chi connectivity index (χ1n) is 8.98. The molecule has 0 unspecified atom stereocenters. The summed E-state index contributed by atoms with van der Waals surface area (Å²) in [6.07, 6.45) is 4.44. The molecule has 0 aliphatic carbocycles. The van der Waals surface area contributed by atoms with E-state index in [0.717, 1.165) is 39.4 Å². The largest absolute Gasteiger partial charge is 0.340 e. The van der Waals surface area contributed by atoms with Gasteiger partial charge in [0.25, 0.3) is 0 Å². The van der Waals surface area contributed by atoms with Crippen LogP contribution in [0.15, 0.2) is 54.9 Å². The van der Waals surface area contributed by atoms with E-state index in [4.69, 9.17) is 9.97 Å². The van der Waals surface area contributed by atoms with Gasteiger partial charge in [0.05, 0.1) is 5.39 Å². The third-order valence-corrected chi connectivity index (χ3v) is 5.33. The third kappa shape index (κ3) is 3.84. The van der Waals surface area contributed by atoms with E-state index in [1.807, 2.05) is 36.4 Å². The molecule has 7 heteroatoms. The van der Waals surface area contributed by atoms with Crippen molar-refractivity contribution in [2.24, 2.45) is 0 Å². The van der Waals surface area contributed by atoms with Gasteiger partial charge in [-0.2, -0.15) is 0 Å². The average molecular weight is 389 g/mol. The summed E-state index contributed by atoms with van der Waals surface area (Å²) in [5.41, 5.74) is 2.44. The Hall–Kier alpha value is -3.32. The molecule has 0 radical (unpaired) electrons. The number of hydrogen-bond acceptors (Lipinski definition) is 6. The Kier molecular flexibility index (Phi) is 4.99. The Balaban J connectivity index is 1.79. The number of rotatable bonds is 5. The molecule has 2 N–H and O–H groups in total. The molecule has 4 rings (SSSR count). The summed E-state index contributed by atoms with van der Waals surface area (Å²) in [7, 11) is 0. The van der Waals surface area contributed by atoms with E-state index >= 15 is 0 Å². The first-order valence-corrected chi connectivity index (χ1v) is 9.79. The van der Waals surface area contributed by atoms with Gasteiger partial charge in [-0.15, -0.1) is 11.3 Å². The van der Waals surface area contributed by atoms with Crippen LogP contribution in [0.3, 0.4) is 0 Å². The fraction of sp³-hybridized carbons (Fsp3) is 0.143. The zero-order valence-corrected chi connectivity index (χ0v) is 16.4. The van der Waals surface area contributed by atoms with Crippen molar-refractivity contribution in [2.75, 3.05) is 10.6 Å². The number of amides is 1. The molecule has 6 nitrogen and oxygen atoms in total. The summed E-state index contributed by atoms with van der Waals surface area (Å²) < 4.78 is 0. The van der Waals surface area contributed by atoms with E-state index in [0.29, 0.717) is 5.82 Å². The highest BCUT2D eigenvalue weighted by atomic mass is 32.1. The van der Waals surface area contributed by atoms with Gasteiger partial charge < -0.3 is 10.6 Å². The van der Waals surface area contributed by atoms with E-state index in [1.165, 1.54) is 11.8 Å². The maximum absolute atomic E-state index is 11.3. The number of benzene rings is 1. The van der Waals surface area contributed by atoms with Crippen molar-refractivity contribution in [1.82, 2.24) is 15.0 Å². The summed E-state index contributed by atoms with van der Waals surface area (Å²) in [4.78, 5) is 27.2. The summed E-state index contributed by atoms with van der Waals surface area (Å²) in [5.74, 6) is 1.26. The standard InChI is InChI=1S/C21H19N5OS/c1-3-17-11-18-20(24-16-8-4-7-15(10-16)23-13(2)27)25-19(26-21(18)28-17)14-6-5-9-22-12-14/h4-12H,3H2,1-2H3,(H,23,27)(H,24,25,26). The minimum atomic E-state index is -0.106. The van der Waals surface area contributed by atoms with Crippen LogP contribution in [0.25, 0.3) is 21.6 Å². The Morgan fingerprint density at radius 3 is 2.71 bits per heavy atom. The van der Waals surface area contributed by atoms with Crippen LogP contribution in [0.2, 0.25) is 0 Å². The van der Waals surface area contributed by atoms with E-state index in [1.54, 1.807) is 23.7 Å². The van der Waals surface area contributed by atoms with Crippen molar-refractivity contribution in [3.8, 4) is 11.4 Å². The molecule has 0 saturated heterocycles. The predicted octanol–water partition coefficient (Wildman–Crippen LogP) is 5.02. The Morgan fingerprint density at radius 2 is 1.96 bits per heavy atom. The predicted molar refractivity (Wildman–Crippen MR) is 114 cm³/mol. The Labute approximate surface area is 166 Å². The molecule has 0 saturated carbocycles. The van der Waals surface area contributed by atoms with E-state index in [2.05, 4.69) is 28.6 Å². The molecule has 0 bridgehead atoms. The fourth-order valence-electron chi connectivity index (χ4n) is 2.88. The van der Waals surface area contributed by atoms with Gasteiger partial charge in [-0.1, -0.05) is 13.0 Å². The molecule has 3 aromatic heterocycles. The molecule has 4 aromatic rings. The second-order valence-electron chi connectivity index (χ2n) is 6.31. The van der Waals surface area contributed by atoms with E-state index in [9.17, 15) is 4.79 Å². The van der Waals surface area contributed by atoms with Crippen molar-refractivity contribution in [1.29, 1.82) is 0 Å². The lowest BCUT2D eigenvalue weighted by Crippen LogP contribution is -2.06. The highest BCUT2D eigenvalue weighted by molar-refractivity contribution is 7.18. The van der Waals surface area contributed by atoms with Crippen LogP contribution in [0, 0.1) is 0 Å². The smallest absolute Gasteiger partial charge is 0.221 e. The lowest BCUT2D eigenvalue weighted by atomic mass is 10.2. The fourth-order valence-corrected chi connectivity index (χ4v) is 3.85. The highest BCUT2D eigenvalue weighted by Crippen LogP contribution is 2.33. The molecule has 140 valence electrons. The van der Waals surface area contributed by atoms with Gasteiger partial charge in [-0.05, 0) is 42.8 Å². The quantitative estimate of drug-likeness (QED) is 0.501. The van der Waals surface area contributed by atoms with E-state index in [-0.39, 0.29) is 5.91 Å². The number of aryl methyl sites for hydroxylation is 1. The van der Waals surface area contributed by atoms with Crippen LogP contribution in [-0.4, -0.2) is 20.9 Å². The number of aromatic nitrogens is 3. The van der Waals surface area contributed by atoms with Crippen molar-refractivity contribution in [3.05, 3.63) is 59.7 Å². The van der Waals surface area contributed by atoms with Gasteiger partial charge in [0.15, 0.2) is 5.82 Å². The van der Waals surface area contributed by atoms with Crippen LogP contribution < -0.4 is 10.6 Å². The lowest BCUT2D eigenvalue weighted by molar-refractivity contribution is -0.114. The van der Waals surface area contributed by atoms with Crippen LogP contribution >= 0.6 is 11.3 Å². The van der Waals surface area contributed by atoms with Crippen LogP contribution in [0.4, 0.5) is 17.2 Å². The van der Waals surface area contributed by atoms with Crippen molar-refractivity contribution in [2.45, 2.75) is 20.3 Å². The monoisotopic (exact) mass is 389 g/mol. The topological polar surface area (TPSA) is 79.8 Å². The number of pyridine rings is 1. The summed E-state index contributed by atoms with van der Waals surface area (Å²) >= 11 is 1.67. The molecule has 3 heterocycles. The normalized spacial score (nSPS) is 10.8. The van der Waals surface area contributed by atoms with Gasteiger partial charge in [-0.25, -0.2) is 9.97 Å². The second kappa shape index (κ2) is 7.74. The lowest BCUT2D eigenvalue weighted by Gasteiger charge is -2.10. The SMILES string of the molecule is CCc1cc2c(Nc3cccc(NC(C)=O)c3)nc(-c3cccnc3)nc2s1. The Morgan fingerprint density at radius 1 is 1.11 bits per heavy atom. The van der Waals surface area contributed by atoms with Gasteiger partial charge in [0.1, 0.15) is 10.6 Å². The molecule has 0 aliphatic heterocycles. The van der Waals surface area contributed by atoms with Crippen LogP contribution in [0.5, 0.6) is 0 Å². The summed E-state index contributed by atoms with van der Waals surface area (Å²) in [6.45, 7) is 3.62. The number of carbonyl (C=O) groups is 1. The molecular weight excluding hydrogens is 370 g/mol. The van der Waals surface area contributed by atoms with Gasteiger partial charge in [0.2, 0.25) is 5.91 Å². The van der Waals surface area contributed by atoms with Gasteiger partial charge in [0, 0.05) is 41.1 Å². The number of nitrogens with one attached hydrogen (secondary N) is 2. The van der Waals surface area contributed by atoms with Crippen molar-refractivity contribution < 1.29 is 4.79 Å². The summed E-state index contributed by atoms with van der Waals surface area (Å²) in [6, 6.07) is 13.5. The van der Waals surface area contributed by atoms with E-state index < -0.39 is 0 Å². The maximum Gasteiger partial charge on any atom is 0.221 e. The molecule has 1 aromatic carbocycles. The number of carbonyl (C=O) groups excluding carboxylic acids is 1. The third-order valence-electron chi connectivity index (χ3n) is 4.16. The van der Waals surface area contributed by atoms with Crippen molar-refractivity contribution >= 4 is 44.7 Å². The average Bonchev–Trinajstić information content (AvgIpc) is 3.12. The zero-order chi connectivity index (χ0) is 19.5. The molecule has 0 spiro atoms. The van der Waals surface area contributed by atoms with Gasteiger partial charge in [-0.3, -0.25) is 9.78 Å². The highest BCUT2D eigenvalue weighted by Gasteiger charge is 2.13. The Bertz CT molecular complexity index is 1140. The molecule has 0 atom stereocenters. The molecular formula is C21H19N5OS. The van der Waals surface area contributed by atoms with Crippen molar-refractivity contribution in [3.63, 3.8) is 0 Å². The maximum atomic E-state index is 11.3. The number of nitrogens with zero attached hydrogens (tertiary/aromatic N) is 3. The molecule has 0 aliphatic rings. The summed E-state index contributed by atoms with van der Waals surface area (Å²) in [5, 5.41) is 7.18. The second-order valence-corrected chi connectivity index (χ2v) is 7.42. The number of anilines is 3.